The first-order chi connectivity index (χ1) is 14.0. The molecule has 0 saturated carbocycles. The van der Waals surface area contributed by atoms with Crippen molar-refractivity contribution in [2.75, 3.05) is 5.32 Å². The molecule has 1 atom stereocenters. The minimum absolute atomic E-state index is 0.270. The van der Waals surface area contributed by atoms with Crippen LogP contribution in [0.15, 0.2) is 60.0 Å². The second kappa shape index (κ2) is 8.05. The van der Waals surface area contributed by atoms with E-state index in [1.54, 1.807) is 11.4 Å². The molecule has 0 spiro atoms. The van der Waals surface area contributed by atoms with E-state index in [-0.39, 0.29) is 11.9 Å². The fourth-order valence-corrected chi connectivity index (χ4v) is 3.89. The molecule has 29 heavy (non-hydrogen) atoms. The van der Waals surface area contributed by atoms with E-state index in [1.165, 1.54) is 11.3 Å². The van der Waals surface area contributed by atoms with Gasteiger partial charge in [-0.3, -0.25) is 10.1 Å². The Labute approximate surface area is 173 Å². The van der Waals surface area contributed by atoms with Crippen molar-refractivity contribution in [1.29, 1.82) is 0 Å². The smallest absolute Gasteiger partial charge is 0.267 e. The van der Waals surface area contributed by atoms with Gasteiger partial charge in [0.1, 0.15) is 5.75 Å². The highest BCUT2D eigenvalue weighted by Crippen LogP contribution is 2.27. The average Bonchev–Trinajstić information content (AvgIpc) is 3.29. The van der Waals surface area contributed by atoms with E-state index >= 15 is 0 Å². The van der Waals surface area contributed by atoms with E-state index in [9.17, 15) is 4.79 Å². The number of nitrogens with zero attached hydrogens (tertiary/aromatic N) is 3. The van der Waals surface area contributed by atoms with Crippen LogP contribution in [-0.4, -0.2) is 26.6 Å². The number of amides is 1. The molecular weight excluding hydrogens is 384 g/mol. The summed E-state index contributed by atoms with van der Waals surface area (Å²) in [6, 6.07) is 17.7. The maximum atomic E-state index is 12.6. The molecule has 4 rings (SSSR count). The van der Waals surface area contributed by atoms with E-state index in [4.69, 9.17) is 4.74 Å². The number of benzene rings is 2. The number of nitrogens with one attached hydrogen (secondary N) is 1. The van der Waals surface area contributed by atoms with Crippen molar-refractivity contribution in [3.05, 3.63) is 65.5 Å². The first-order valence-electron chi connectivity index (χ1n) is 9.49. The monoisotopic (exact) mass is 406 g/mol. The molecule has 0 fully saturated rings. The Morgan fingerprint density at radius 3 is 2.55 bits per heavy atom. The van der Waals surface area contributed by atoms with Crippen LogP contribution in [0, 0.1) is 0 Å². The van der Waals surface area contributed by atoms with Crippen LogP contribution in [0.25, 0.3) is 16.2 Å². The molecule has 6 nitrogen and oxygen atoms in total. The van der Waals surface area contributed by atoms with Crippen LogP contribution in [0.5, 0.6) is 5.75 Å². The molecule has 2 aromatic carbocycles. The van der Waals surface area contributed by atoms with Crippen molar-refractivity contribution in [1.82, 2.24) is 14.6 Å². The highest BCUT2D eigenvalue weighted by molar-refractivity contribution is 7.15. The van der Waals surface area contributed by atoms with Crippen molar-refractivity contribution < 1.29 is 9.53 Å². The molecule has 2 heterocycles. The van der Waals surface area contributed by atoms with Gasteiger partial charge in [-0.15, -0.1) is 16.4 Å². The fourth-order valence-electron chi connectivity index (χ4n) is 3.06. The van der Waals surface area contributed by atoms with Crippen LogP contribution in [-0.2, 0) is 4.79 Å². The number of thiazole rings is 1. The van der Waals surface area contributed by atoms with Crippen LogP contribution >= 0.6 is 11.3 Å². The Kier molecular flexibility index (Phi) is 5.31. The molecule has 0 aliphatic heterocycles. The number of anilines is 1. The second-order valence-electron chi connectivity index (χ2n) is 7.06. The quantitative estimate of drug-likeness (QED) is 0.490. The van der Waals surface area contributed by atoms with E-state index in [0.717, 1.165) is 27.5 Å². The third-order valence-electron chi connectivity index (χ3n) is 4.60. The first-order valence-corrected chi connectivity index (χ1v) is 10.4. The van der Waals surface area contributed by atoms with Crippen molar-refractivity contribution in [2.45, 2.75) is 32.8 Å². The summed E-state index contributed by atoms with van der Waals surface area (Å²) in [6.45, 7) is 5.91. The van der Waals surface area contributed by atoms with Gasteiger partial charge in [0.05, 0.1) is 5.69 Å². The number of fused-ring (bicyclic) bond motifs is 1. The normalized spacial score (nSPS) is 12.3. The zero-order valence-corrected chi connectivity index (χ0v) is 17.3. The molecule has 0 aliphatic rings. The molecule has 0 bridgehead atoms. The summed E-state index contributed by atoms with van der Waals surface area (Å²) in [4.78, 5) is 17.8. The third-order valence-corrected chi connectivity index (χ3v) is 5.42. The molecule has 7 heteroatoms. The van der Waals surface area contributed by atoms with Crippen LogP contribution in [0.1, 0.15) is 32.3 Å². The van der Waals surface area contributed by atoms with Crippen molar-refractivity contribution in [3.8, 4) is 17.0 Å². The van der Waals surface area contributed by atoms with Crippen molar-refractivity contribution >= 4 is 28.2 Å². The summed E-state index contributed by atoms with van der Waals surface area (Å²) in [7, 11) is 0. The summed E-state index contributed by atoms with van der Waals surface area (Å²) >= 11 is 1.48. The fraction of sp³-hybridized carbons (Fsp3) is 0.227. The molecule has 0 aliphatic carbocycles. The molecule has 0 saturated heterocycles. The van der Waals surface area contributed by atoms with E-state index in [1.807, 2.05) is 60.0 Å². The number of carbonyl (C=O) groups is 1. The van der Waals surface area contributed by atoms with Crippen molar-refractivity contribution in [3.63, 3.8) is 0 Å². The largest absolute Gasteiger partial charge is 0.481 e. The van der Waals surface area contributed by atoms with Gasteiger partial charge in [0.15, 0.2) is 6.10 Å². The highest BCUT2D eigenvalue weighted by atomic mass is 32.1. The lowest BCUT2D eigenvalue weighted by molar-refractivity contribution is -0.122. The van der Waals surface area contributed by atoms with Gasteiger partial charge >= 0.3 is 0 Å². The number of hydrogen-bond donors (Lipinski definition) is 1. The number of para-hydroxylation sites is 1. The second-order valence-corrected chi connectivity index (χ2v) is 7.90. The summed E-state index contributed by atoms with van der Waals surface area (Å²) in [5, 5.41) is 9.22. The maximum absolute atomic E-state index is 12.6. The molecule has 2 aromatic heterocycles. The van der Waals surface area contributed by atoms with Gasteiger partial charge in [-0.2, -0.15) is 4.98 Å². The zero-order chi connectivity index (χ0) is 20.4. The lowest BCUT2D eigenvalue weighted by atomic mass is 10.0. The standard InChI is InChI=1S/C22H22N4O2S/c1-14(2)17-11-7-8-12-19(17)28-15(3)20(27)23-21-24-22-26(25-21)18(13-29-22)16-9-5-4-6-10-16/h4-15H,1-3H3,(H,23,25,27). The van der Waals surface area contributed by atoms with E-state index in [0.29, 0.717) is 5.92 Å². The average molecular weight is 407 g/mol. The number of ether oxygens (including phenoxy) is 1. The van der Waals surface area contributed by atoms with Gasteiger partial charge < -0.3 is 4.74 Å². The SMILES string of the molecule is CC(Oc1ccccc1C(C)C)C(=O)Nc1nc2scc(-c3ccccc3)n2n1. The van der Waals surface area contributed by atoms with Gasteiger partial charge in [0.2, 0.25) is 4.96 Å². The highest BCUT2D eigenvalue weighted by Gasteiger charge is 2.20. The van der Waals surface area contributed by atoms with Crippen molar-refractivity contribution in [2.24, 2.45) is 0 Å². The first kappa shape index (κ1) is 19.1. The minimum Gasteiger partial charge on any atom is -0.481 e. The number of carbonyl (C=O) groups excluding carboxylic acids is 1. The Morgan fingerprint density at radius 2 is 1.79 bits per heavy atom. The summed E-state index contributed by atoms with van der Waals surface area (Å²) in [6.07, 6.45) is -0.676. The van der Waals surface area contributed by atoms with E-state index < -0.39 is 6.10 Å². The zero-order valence-electron chi connectivity index (χ0n) is 16.5. The van der Waals surface area contributed by atoms with Gasteiger partial charge in [-0.1, -0.05) is 62.4 Å². The summed E-state index contributed by atoms with van der Waals surface area (Å²) in [5.74, 6) is 1.00. The Morgan fingerprint density at radius 1 is 1.07 bits per heavy atom. The van der Waals surface area contributed by atoms with Gasteiger partial charge in [-0.25, -0.2) is 4.52 Å². The van der Waals surface area contributed by atoms with Gasteiger partial charge in [0.25, 0.3) is 11.9 Å². The van der Waals surface area contributed by atoms with Crippen LogP contribution in [0.3, 0.4) is 0 Å². The summed E-state index contributed by atoms with van der Waals surface area (Å²) < 4.78 is 7.66. The van der Waals surface area contributed by atoms with Crippen LogP contribution in [0.2, 0.25) is 0 Å². The molecule has 0 radical (unpaired) electrons. The molecule has 4 aromatic rings. The van der Waals surface area contributed by atoms with Crippen LogP contribution < -0.4 is 10.1 Å². The topological polar surface area (TPSA) is 68.5 Å². The minimum atomic E-state index is -0.676. The molecular formula is C22H22N4O2S. The van der Waals surface area contributed by atoms with Gasteiger partial charge in [0, 0.05) is 10.9 Å². The molecule has 1 N–H and O–H groups in total. The maximum Gasteiger partial charge on any atom is 0.267 e. The number of hydrogen-bond acceptors (Lipinski definition) is 5. The lowest BCUT2D eigenvalue weighted by Gasteiger charge is -2.18. The Hall–Kier alpha value is -3.19. The number of rotatable bonds is 6. The van der Waals surface area contributed by atoms with Crippen LogP contribution in [0.4, 0.5) is 5.95 Å². The third kappa shape index (κ3) is 4.00. The summed E-state index contributed by atoms with van der Waals surface area (Å²) in [5.41, 5.74) is 3.05. The predicted molar refractivity (Wildman–Crippen MR) is 116 cm³/mol. The van der Waals surface area contributed by atoms with E-state index in [2.05, 4.69) is 29.2 Å². The Balaban J connectivity index is 1.50. The Bertz CT molecular complexity index is 1130. The molecule has 148 valence electrons. The lowest BCUT2D eigenvalue weighted by Crippen LogP contribution is -2.31. The predicted octanol–water partition coefficient (Wildman–Crippen LogP) is 4.99. The van der Waals surface area contributed by atoms with Gasteiger partial charge in [-0.05, 0) is 24.5 Å². The number of aromatic nitrogens is 3. The molecule has 1 unspecified atom stereocenters. The molecule has 1 amide bonds.